The summed E-state index contributed by atoms with van der Waals surface area (Å²) in [6, 6.07) is 6.44. The Balaban J connectivity index is 2.94. The molecular weight excluding hydrogens is 270 g/mol. The van der Waals surface area contributed by atoms with Crippen molar-refractivity contribution < 1.29 is 0 Å². The van der Waals surface area contributed by atoms with Crippen LogP contribution >= 0.6 is 27.7 Å². The van der Waals surface area contributed by atoms with Gasteiger partial charge in [0.1, 0.15) is 0 Å². The molecule has 0 fully saturated rings. The van der Waals surface area contributed by atoms with Gasteiger partial charge < -0.3 is 5.73 Å². The minimum Gasteiger partial charge on any atom is -0.324 e. The lowest BCUT2D eigenvalue weighted by Gasteiger charge is -2.19. The van der Waals surface area contributed by atoms with Crippen LogP contribution in [0.4, 0.5) is 0 Å². The van der Waals surface area contributed by atoms with Gasteiger partial charge in [-0.2, -0.15) is 0 Å². The number of nitrogens with two attached hydrogens (primary N) is 1. The van der Waals surface area contributed by atoms with E-state index >= 15 is 0 Å². The minimum absolute atomic E-state index is 0.0926. The number of halogens is 1. The van der Waals surface area contributed by atoms with Crippen LogP contribution in [-0.4, -0.2) is 4.75 Å². The van der Waals surface area contributed by atoms with E-state index in [1.807, 2.05) is 18.7 Å². The van der Waals surface area contributed by atoms with E-state index in [2.05, 4.69) is 54.9 Å². The smallest absolute Gasteiger partial charge is 0.0314 e. The zero-order valence-electron chi connectivity index (χ0n) is 9.67. The summed E-state index contributed by atoms with van der Waals surface area (Å²) in [6.45, 7) is 8.63. The predicted molar refractivity (Wildman–Crippen MR) is 72.4 cm³/mol. The third kappa shape index (κ3) is 4.17. The fourth-order valence-corrected chi connectivity index (χ4v) is 2.80. The van der Waals surface area contributed by atoms with Gasteiger partial charge in [0.25, 0.3) is 0 Å². The van der Waals surface area contributed by atoms with Crippen LogP contribution in [0.5, 0.6) is 0 Å². The first kappa shape index (κ1) is 13.1. The molecule has 1 aromatic rings. The molecule has 0 saturated heterocycles. The molecule has 0 spiro atoms. The lowest BCUT2D eigenvalue weighted by Crippen LogP contribution is -2.08. The van der Waals surface area contributed by atoms with E-state index < -0.39 is 0 Å². The van der Waals surface area contributed by atoms with Crippen molar-refractivity contribution in [1.29, 1.82) is 0 Å². The average molecular weight is 288 g/mol. The van der Waals surface area contributed by atoms with E-state index in [0.29, 0.717) is 0 Å². The molecule has 0 heterocycles. The minimum atomic E-state index is 0.0926. The van der Waals surface area contributed by atoms with E-state index in [1.165, 1.54) is 10.5 Å². The van der Waals surface area contributed by atoms with Crippen molar-refractivity contribution in [2.45, 2.75) is 43.4 Å². The Morgan fingerprint density at radius 2 is 1.93 bits per heavy atom. The van der Waals surface area contributed by atoms with Crippen molar-refractivity contribution in [2.24, 2.45) is 5.73 Å². The molecule has 0 radical (unpaired) electrons. The van der Waals surface area contributed by atoms with Crippen LogP contribution in [0, 0.1) is 0 Å². The van der Waals surface area contributed by atoms with E-state index in [0.717, 1.165) is 4.47 Å². The molecule has 0 saturated carbocycles. The van der Waals surface area contributed by atoms with Crippen LogP contribution in [-0.2, 0) is 0 Å². The molecule has 1 atom stereocenters. The largest absolute Gasteiger partial charge is 0.324 e. The van der Waals surface area contributed by atoms with Gasteiger partial charge >= 0.3 is 0 Å². The fraction of sp³-hybridized carbons (Fsp3) is 0.500. The van der Waals surface area contributed by atoms with E-state index in [-0.39, 0.29) is 10.8 Å². The summed E-state index contributed by atoms with van der Waals surface area (Å²) in [5.41, 5.74) is 7.00. The van der Waals surface area contributed by atoms with Gasteiger partial charge in [0.15, 0.2) is 0 Å². The van der Waals surface area contributed by atoms with E-state index in [4.69, 9.17) is 5.73 Å². The number of hydrogen-bond acceptors (Lipinski definition) is 2. The lowest BCUT2D eigenvalue weighted by molar-refractivity contribution is 0.800. The van der Waals surface area contributed by atoms with Crippen LogP contribution in [0.1, 0.15) is 39.3 Å². The first-order valence-electron chi connectivity index (χ1n) is 5.03. The quantitative estimate of drug-likeness (QED) is 0.818. The molecular formula is C12H18BrNS. The van der Waals surface area contributed by atoms with Gasteiger partial charge in [0, 0.05) is 20.2 Å². The van der Waals surface area contributed by atoms with E-state index in [9.17, 15) is 0 Å². The summed E-state index contributed by atoms with van der Waals surface area (Å²) in [5, 5.41) is 0. The summed E-state index contributed by atoms with van der Waals surface area (Å²) in [7, 11) is 0. The highest BCUT2D eigenvalue weighted by molar-refractivity contribution is 9.10. The van der Waals surface area contributed by atoms with Crippen molar-refractivity contribution in [1.82, 2.24) is 0 Å². The van der Waals surface area contributed by atoms with Crippen LogP contribution in [0.25, 0.3) is 0 Å². The maximum Gasteiger partial charge on any atom is 0.0314 e. The summed E-state index contributed by atoms with van der Waals surface area (Å²) >= 11 is 5.45. The Kier molecular flexibility index (Phi) is 4.27. The Bertz CT molecular complexity index is 342. The second kappa shape index (κ2) is 4.89. The third-order valence-corrected chi connectivity index (χ3v) is 4.00. The summed E-state index contributed by atoms with van der Waals surface area (Å²) in [4.78, 5) is 1.27. The second-order valence-corrected chi connectivity index (χ2v) is 7.42. The molecule has 0 unspecified atom stereocenters. The maximum absolute atomic E-state index is 5.83. The molecule has 0 aromatic heterocycles. The molecule has 0 bridgehead atoms. The normalized spacial score (nSPS) is 14.0. The third-order valence-electron chi connectivity index (χ3n) is 1.90. The standard InChI is InChI=1S/C12H18BrNS/c1-8(14)9-5-6-11(10(13)7-9)15-12(2,3)4/h5-8H,14H2,1-4H3/t8-/m1/s1. The summed E-state index contributed by atoms with van der Waals surface area (Å²) < 4.78 is 1.37. The molecule has 1 nitrogen and oxygen atoms in total. The van der Waals surface area contributed by atoms with Gasteiger partial charge in [-0.3, -0.25) is 0 Å². The molecule has 2 N–H and O–H groups in total. The van der Waals surface area contributed by atoms with Crippen LogP contribution in [0.15, 0.2) is 27.6 Å². The Morgan fingerprint density at radius 3 is 2.33 bits per heavy atom. The molecule has 1 rings (SSSR count). The van der Waals surface area contributed by atoms with Crippen LogP contribution in [0.3, 0.4) is 0 Å². The van der Waals surface area contributed by atoms with Crippen molar-refractivity contribution in [3.8, 4) is 0 Å². The molecule has 84 valence electrons. The van der Waals surface area contributed by atoms with Crippen molar-refractivity contribution in [3.63, 3.8) is 0 Å². The topological polar surface area (TPSA) is 26.0 Å². The number of benzene rings is 1. The first-order chi connectivity index (χ1) is 6.79. The SMILES string of the molecule is C[C@@H](N)c1ccc(SC(C)(C)C)c(Br)c1. The number of rotatable bonds is 2. The highest BCUT2D eigenvalue weighted by Crippen LogP contribution is 2.37. The summed E-state index contributed by atoms with van der Waals surface area (Å²) in [6.07, 6.45) is 0. The molecule has 0 amide bonds. The van der Waals surface area contributed by atoms with Crippen molar-refractivity contribution in [3.05, 3.63) is 28.2 Å². The fourth-order valence-electron chi connectivity index (χ4n) is 1.21. The second-order valence-electron chi connectivity index (χ2n) is 4.69. The predicted octanol–water partition coefficient (Wildman–Crippen LogP) is 4.36. The molecule has 3 heteroatoms. The first-order valence-corrected chi connectivity index (χ1v) is 6.64. The molecule has 1 aromatic carbocycles. The maximum atomic E-state index is 5.83. The zero-order chi connectivity index (χ0) is 11.6. The van der Waals surface area contributed by atoms with Gasteiger partial charge in [0.05, 0.1) is 0 Å². The number of thioether (sulfide) groups is 1. The molecule has 0 aliphatic rings. The highest BCUT2D eigenvalue weighted by Gasteiger charge is 2.14. The molecule has 0 aliphatic carbocycles. The van der Waals surface area contributed by atoms with Crippen LogP contribution in [0.2, 0.25) is 0 Å². The van der Waals surface area contributed by atoms with Crippen LogP contribution < -0.4 is 5.73 Å². The summed E-state index contributed by atoms with van der Waals surface area (Å²) in [5.74, 6) is 0. The van der Waals surface area contributed by atoms with Gasteiger partial charge in [-0.05, 0) is 40.5 Å². The van der Waals surface area contributed by atoms with Gasteiger partial charge in [0.2, 0.25) is 0 Å². The van der Waals surface area contributed by atoms with Crippen molar-refractivity contribution in [2.75, 3.05) is 0 Å². The lowest BCUT2D eigenvalue weighted by atomic mass is 10.1. The zero-order valence-corrected chi connectivity index (χ0v) is 12.1. The Labute approximate surface area is 105 Å². The van der Waals surface area contributed by atoms with Gasteiger partial charge in [-0.1, -0.05) is 26.8 Å². The van der Waals surface area contributed by atoms with Crippen molar-refractivity contribution >= 4 is 27.7 Å². The highest BCUT2D eigenvalue weighted by atomic mass is 79.9. The molecule has 15 heavy (non-hydrogen) atoms. The van der Waals surface area contributed by atoms with Gasteiger partial charge in [-0.25, -0.2) is 0 Å². The average Bonchev–Trinajstić information content (AvgIpc) is 2.05. The monoisotopic (exact) mass is 287 g/mol. The Morgan fingerprint density at radius 1 is 1.33 bits per heavy atom. The van der Waals surface area contributed by atoms with E-state index in [1.54, 1.807) is 0 Å². The van der Waals surface area contributed by atoms with Gasteiger partial charge in [-0.15, -0.1) is 11.8 Å². The number of hydrogen-bond donors (Lipinski definition) is 1. The Hall–Kier alpha value is 0.01000. The molecule has 0 aliphatic heterocycles.